The predicted molar refractivity (Wildman–Crippen MR) is 76.1 cm³/mol. The smallest absolute Gasteiger partial charge is 0.287 e. The van der Waals surface area contributed by atoms with E-state index in [-0.39, 0.29) is 5.69 Å². The van der Waals surface area contributed by atoms with E-state index in [2.05, 4.69) is 15.0 Å². The van der Waals surface area contributed by atoms with Crippen LogP contribution in [0.4, 0.5) is 5.69 Å². The maximum atomic E-state index is 10.5. The van der Waals surface area contributed by atoms with Gasteiger partial charge in [0.1, 0.15) is 11.2 Å². The van der Waals surface area contributed by atoms with Crippen molar-refractivity contribution in [3.63, 3.8) is 0 Å². The fraction of sp³-hybridized carbons (Fsp3) is 0. The number of hydrogen-bond donors (Lipinski definition) is 1. The van der Waals surface area contributed by atoms with E-state index in [1.807, 2.05) is 6.07 Å². The molecule has 100 valence electrons. The van der Waals surface area contributed by atoms with Crippen molar-refractivity contribution in [1.82, 2.24) is 15.0 Å². The monoisotopic (exact) mass is 306 g/mol. The number of fused-ring (bicyclic) bond motifs is 1. The summed E-state index contributed by atoms with van der Waals surface area (Å²) in [6.45, 7) is 0. The van der Waals surface area contributed by atoms with Crippen molar-refractivity contribution in [3.8, 4) is 0 Å². The maximum absolute atomic E-state index is 10.5. The van der Waals surface area contributed by atoms with Gasteiger partial charge in [0.05, 0.1) is 16.0 Å². The Morgan fingerprint density at radius 2 is 2.15 bits per heavy atom. The number of nitrogens with one attached hydrogen (secondary N) is 1. The lowest BCUT2D eigenvalue weighted by atomic mass is 10.3. The number of hydrogen-bond acceptors (Lipinski definition) is 5. The highest BCUT2D eigenvalue weighted by Crippen LogP contribution is 2.27. The normalized spacial score (nSPS) is 10.8. The molecule has 0 atom stereocenters. The Bertz CT molecular complexity index is 788. The second-order valence-corrected chi connectivity index (χ2v) is 5.36. The van der Waals surface area contributed by atoms with Gasteiger partial charge < -0.3 is 4.98 Å². The topological polar surface area (TPSA) is 84.7 Å². The molecule has 0 amide bonds. The molecule has 6 nitrogen and oxygen atoms in total. The summed E-state index contributed by atoms with van der Waals surface area (Å²) >= 11 is 7.20. The summed E-state index contributed by atoms with van der Waals surface area (Å²) in [5.41, 5.74) is 1.60. The van der Waals surface area contributed by atoms with Crippen LogP contribution in [0.1, 0.15) is 0 Å². The number of rotatable bonds is 3. The van der Waals surface area contributed by atoms with E-state index in [0.717, 1.165) is 11.0 Å². The Kier molecular flexibility index (Phi) is 3.29. The first-order valence-electron chi connectivity index (χ1n) is 5.55. The van der Waals surface area contributed by atoms with E-state index >= 15 is 0 Å². The van der Waals surface area contributed by atoms with Gasteiger partial charge in [-0.15, -0.1) is 0 Å². The van der Waals surface area contributed by atoms with Crippen LogP contribution < -0.4 is 0 Å². The quantitative estimate of drug-likeness (QED) is 0.589. The van der Waals surface area contributed by atoms with E-state index < -0.39 is 4.92 Å². The molecule has 3 rings (SSSR count). The maximum Gasteiger partial charge on any atom is 0.287 e. The number of nitrogens with zero attached hydrogens (tertiary/aromatic N) is 3. The van der Waals surface area contributed by atoms with E-state index in [1.54, 1.807) is 18.2 Å². The molecule has 0 aliphatic heterocycles. The SMILES string of the molecule is O=[N+]([O-])c1ccc(Sc2nc3ccc(Cl)cc3[nH]2)nc1. The second kappa shape index (κ2) is 5.10. The zero-order valence-electron chi connectivity index (χ0n) is 9.91. The summed E-state index contributed by atoms with van der Waals surface area (Å²) in [4.78, 5) is 21.6. The molecule has 0 aliphatic carbocycles. The molecule has 0 aliphatic rings. The van der Waals surface area contributed by atoms with Crippen LogP contribution in [0.15, 0.2) is 46.7 Å². The average molecular weight is 307 g/mol. The van der Waals surface area contributed by atoms with E-state index in [0.29, 0.717) is 15.2 Å². The number of aromatic amines is 1. The van der Waals surface area contributed by atoms with Gasteiger partial charge in [-0.05, 0) is 36.0 Å². The fourth-order valence-electron chi connectivity index (χ4n) is 1.65. The number of halogens is 1. The third-order valence-corrected chi connectivity index (χ3v) is 3.63. The number of imidazole rings is 1. The van der Waals surface area contributed by atoms with Crippen LogP contribution in [0.3, 0.4) is 0 Å². The highest BCUT2D eigenvalue weighted by Gasteiger charge is 2.09. The van der Waals surface area contributed by atoms with Crippen LogP contribution in [0, 0.1) is 10.1 Å². The predicted octanol–water partition coefficient (Wildman–Crippen LogP) is 3.67. The lowest BCUT2D eigenvalue weighted by Crippen LogP contribution is -1.89. The summed E-state index contributed by atoms with van der Waals surface area (Å²) in [7, 11) is 0. The minimum absolute atomic E-state index is 0.0364. The number of nitro groups is 1. The van der Waals surface area contributed by atoms with Gasteiger partial charge in [0.2, 0.25) is 0 Å². The lowest BCUT2D eigenvalue weighted by Gasteiger charge is -1.96. The van der Waals surface area contributed by atoms with E-state index in [1.165, 1.54) is 24.0 Å². The van der Waals surface area contributed by atoms with Crippen molar-refractivity contribution in [2.75, 3.05) is 0 Å². The molecule has 8 heteroatoms. The second-order valence-electron chi connectivity index (χ2n) is 3.92. The molecule has 0 spiro atoms. The molecule has 0 radical (unpaired) electrons. The molecule has 0 fully saturated rings. The minimum atomic E-state index is -0.482. The molecule has 0 saturated heterocycles. The average Bonchev–Trinajstić information content (AvgIpc) is 2.80. The molecular weight excluding hydrogens is 300 g/mol. The number of benzene rings is 1. The molecule has 1 aromatic carbocycles. The first-order chi connectivity index (χ1) is 9.61. The Morgan fingerprint density at radius 1 is 1.30 bits per heavy atom. The first kappa shape index (κ1) is 12.9. The highest BCUT2D eigenvalue weighted by atomic mass is 35.5. The Balaban J connectivity index is 1.87. The molecule has 20 heavy (non-hydrogen) atoms. The van der Waals surface area contributed by atoms with Gasteiger partial charge in [-0.2, -0.15) is 0 Å². The van der Waals surface area contributed by atoms with Crippen molar-refractivity contribution in [1.29, 1.82) is 0 Å². The Hall–Kier alpha value is -2.12. The van der Waals surface area contributed by atoms with Crippen molar-refractivity contribution in [2.24, 2.45) is 0 Å². The highest BCUT2D eigenvalue weighted by molar-refractivity contribution is 7.99. The molecular formula is C12H7ClN4O2S. The van der Waals surface area contributed by atoms with Crippen LogP contribution in [-0.2, 0) is 0 Å². The third kappa shape index (κ3) is 2.59. The third-order valence-electron chi connectivity index (χ3n) is 2.55. The zero-order valence-corrected chi connectivity index (χ0v) is 11.5. The minimum Gasteiger partial charge on any atom is -0.333 e. The Labute approximate surface area is 122 Å². The summed E-state index contributed by atoms with van der Waals surface area (Å²) in [5, 5.41) is 12.5. The standard InChI is InChI=1S/C12H7ClN4O2S/c13-7-1-3-9-10(5-7)16-12(15-9)20-11-4-2-8(6-14-11)17(18)19/h1-6H,(H,15,16). The van der Waals surface area contributed by atoms with Crippen LogP contribution in [0.5, 0.6) is 0 Å². The number of aromatic nitrogens is 3. The molecule has 0 saturated carbocycles. The van der Waals surface area contributed by atoms with Crippen molar-refractivity contribution < 1.29 is 4.92 Å². The van der Waals surface area contributed by atoms with Crippen molar-refractivity contribution in [3.05, 3.63) is 51.7 Å². The van der Waals surface area contributed by atoms with Crippen molar-refractivity contribution >= 4 is 40.1 Å². The van der Waals surface area contributed by atoms with Crippen LogP contribution in [0.2, 0.25) is 5.02 Å². The van der Waals surface area contributed by atoms with Gasteiger partial charge in [-0.3, -0.25) is 10.1 Å². The van der Waals surface area contributed by atoms with E-state index in [9.17, 15) is 10.1 Å². The Morgan fingerprint density at radius 3 is 2.85 bits per heavy atom. The zero-order chi connectivity index (χ0) is 14.1. The molecule has 0 bridgehead atoms. The summed E-state index contributed by atoms with van der Waals surface area (Å²) in [6.07, 6.45) is 1.22. The van der Waals surface area contributed by atoms with Crippen molar-refractivity contribution in [2.45, 2.75) is 10.2 Å². The number of H-pyrrole nitrogens is 1. The fourth-order valence-corrected chi connectivity index (χ4v) is 2.56. The van der Waals surface area contributed by atoms with Gasteiger partial charge >= 0.3 is 0 Å². The largest absolute Gasteiger partial charge is 0.333 e. The summed E-state index contributed by atoms with van der Waals surface area (Å²) < 4.78 is 0. The van der Waals surface area contributed by atoms with Gasteiger partial charge in [0.25, 0.3) is 5.69 Å². The first-order valence-corrected chi connectivity index (χ1v) is 6.75. The molecule has 0 unspecified atom stereocenters. The van der Waals surface area contributed by atoms with E-state index in [4.69, 9.17) is 11.6 Å². The molecule has 3 aromatic rings. The van der Waals surface area contributed by atoms with Crippen LogP contribution >= 0.6 is 23.4 Å². The lowest BCUT2D eigenvalue weighted by molar-refractivity contribution is -0.385. The molecule has 1 N–H and O–H groups in total. The molecule has 2 aromatic heterocycles. The van der Waals surface area contributed by atoms with Crippen LogP contribution in [-0.4, -0.2) is 19.9 Å². The van der Waals surface area contributed by atoms with Gasteiger partial charge in [0, 0.05) is 11.1 Å². The van der Waals surface area contributed by atoms with Gasteiger partial charge in [-0.1, -0.05) is 11.6 Å². The molecule has 2 heterocycles. The van der Waals surface area contributed by atoms with Gasteiger partial charge in [0.15, 0.2) is 5.16 Å². The van der Waals surface area contributed by atoms with Gasteiger partial charge in [-0.25, -0.2) is 9.97 Å². The number of pyridine rings is 1. The summed E-state index contributed by atoms with van der Waals surface area (Å²) in [6, 6.07) is 8.37. The summed E-state index contributed by atoms with van der Waals surface area (Å²) in [5.74, 6) is 0. The van der Waals surface area contributed by atoms with Crippen LogP contribution in [0.25, 0.3) is 11.0 Å².